The van der Waals surface area contributed by atoms with Crippen molar-refractivity contribution < 1.29 is 15.1 Å². The van der Waals surface area contributed by atoms with E-state index in [9.17, 15) is 4.91 Å². The van der Waals surface area contributed by atoms with Crippen molar-refractivity contribution in [3.63, 3.8) is 0 Å². The molecule has 0 unspecified atom stereocenters. The van der Waals surface area contributed by atoms with Gasteiger partial charge in [-0.25, -0.2) is 5.21 Å². The quantitative estimate of drug-likeness (QED) is 0.386. The van der Waals surface area contributed by atoms with Gasteiger partial charge in [-0.05, 0) is 6.54 Å². The van der Waals surface area contributed by atoms with E-state index < -0.39 is 5.09 Å². The lowest BCUT2D eigenvalue weighted by molar-refractivity contribution is -0.975. The molecule has 0 rings (SSSR count). The molecule has 5 nitrogen and oxygen atoms in total. The van der Waals surface area contributed by atoms with Crippen LogP contribution in [0.25, 0.3) is 0 Å². The molecule has 3 N–H and O–H groups in total. The zero-order valence-electron chi connectivity index (χ0n) is 4.41. The van der Waals surface area contributed by atoms with Crippen LogP contribution in [-0.2, 0) is 4.84 Å². The number of nitrogens with zero attached hydrogens (tertiary/aromatic N) is 1. The summed E-state index contributed by atoms with van der Waals surface area (Å²) in [5, 5.41) is 7.22. The smallest absolute Gasteiger partial charge is 0.330 e. The highest BCUT2D eigenvalue weighted by atomic mass is 16.9. The van der Waals surface area contributed by atoms with Crippen LogP contribution in [0.2, 0.25) is 0 Å². The van der Waals surface area contributed by atoms with E-state index in [-0.39, 0.29) is 6.61 Å². The summed E-state index contributed by atoms with van der Waals surface area (Å²) in [5.41, 5.74) is 5.03. The molecule has 0 atom stereocenters. The van der Waals surface area contributed by atoms with Crippen molar-refractivity contribution in [1.29, 1.82) is 0 Å². The predicted molar refractivity (Wildman–Crippen MR) is 25.0 cm³/mol. The number of nitrogens with two attached hydrogens (primary N) is 1. The average Bonchev–Trinajstić information content (AvgIpc) is 1.66. The molecule has 0 saturated carbocycles. The highest BCUT2D eigenvalue weighted by Gasteiger charge is 2.00. The van der Waals surface area contributed by atoms with E-state index in [1.54, 1.807) is 0 Å². The molecule has 0 aliphatic heterocycles. The van der Waals surface area contributed by atoms with Crippen LogP contribution in [0.1, 0.15) is 6.42 Å². The van der Waals surface area contributed by atoms with Gasteiger partial charge in [0.2, 0.25) is 0 Å². The first-order chi connectivity index (χ1) is 3.77. The Hall–Kier alpha value is -0.840. The number of rotatable bonds is 4. The fraction of sp³-hybridized carbons (Fsp3) is 1.00. The highest BCUT2D eigenvalue weighted by Crippen LogP contribution is 1.76. The van der Waals surface area contributed by atoms with Gasteiger partial charge in [-0.1, -0.05) is 0 Å². The molecule has 0 aliphatic carbocycles. The summed E-state index contributed by atoms with van der Waals surface area (Å²) in [6, 6.07) is 0. The molecule has 0 aliphatic rings. The summed E-state index contributed by atoms with van der Waals surface area (Å²) in [7, 11) is 0. The van der Waals surface area contributed by atoms with E-state index in [0.717, 1.165) is 0 Å². The minimum absolute atomic E-state index is 0.163. The van der Waals surface area contributed by atoms with Gasteiger partial charge in [-0.2, -0.15) is 4.84 Å². The Balaban J connectivity index is 2.82. The standard InChI is InChI=1S/C3H9N2O3/c4-2-1-3-8-5(6)7/h1-4H2,(H,6,7)/q+1. The van der Waals surface area contributed by atoms with Crippen molar-refractivity contribution in [3.05, 3.63) is 4.91 Å². The van der Waals surface area contributed by atoms with Gasteiger partial charge in [-0.15, -0.1) is 0 Å². The Morgan fingerprint density at radius 2 is 2.38 bits per heavy atom. The molecule has 5 heteroatoms. The minimum Gasteiger partial charge on any atom is -0.330 e. The molecular formula is C3H9N2O3+. The summed E-state index contributed by atoms with van der Waals surface area (Å²) in [4.78, 5) is 13.6. The van der Waals surface area contributed by atoms with Gasteiger partial charge < -0.3 is 5.73 Å². The topological polar surface area (TPSA) is 75.6 Å². The molecule has 0 saturated heterocycles. The van der Waals surface area contributed by atoms with Gasteiger partial charge in [0.15, 0.2) is 6.61 Å². The molecule has 0 heterocycles. The maximum absolute atomic E-state index is 9.53. The Morgan fingerprint density at radius 3 is 2.75 bits per heavy atom. The van der Waals surface area contributed by atoms with Gasteiger partial charge in [-0.3, -0.25) is 0 Å². The first-order valence-electron chi connectivity index (χ1n) is 2.26. The van der Waals surface area contributed by atoms with Crippen LogP contribution in [0, 0.1) is 4.91 Å². The molecule has 48 valence electrons. The van der Waals surface area contributed by atoms with Crippen molar-refractivity contribution >= 4 is 0 Å². The summed E-state index contributed by atoms with van der Waals surface area (Å²) in [5.74, 6) is 0. The van der Waals surface area contributed by atoms with Crippen molar-refractivity contribution in [3.8, 4) is 0 Å². The molecular weight excluding hydrogens is 112 g/mol. The zero-order valence-corrected chi connectivity index (χ0v) is 4.41. The monoisotopic (exact) mass is 121 g/mol. The van der Waals surface area contributed by atoms with Crippen LogP contribution in [0.5, 0.6) is 0 Å². The number of hydrogen-bond donors (Lipinski definition) is 2. The maximum atomic E-state index is 9.53. The van der Waals surface area contributed by atoms with Crippen LogP contribution < -0.4 is 5.73 Å². The molecule has 0 amide bonds. The van der Waals surface area contributed by atoms with E-state index >= 15 is 0 Å². The fourth-order valence-corrected chi connectivity index (χ4v) is 0.226. The normalized spacial score (nSPS) is 8.62. The van der Waals surface area contributed by atoms with E-state index in [2.05, 4.69) is 4.84 Å². The predicted octanol–water partition coefficient (Wildman–Crippen LogP) is -0.565. The third-order valence-electron chi connectivity index (χ3n) is 0.550. The van der Waals surface area contributed by atoms with Crippen molar-refractivity contribution in [1.82, 2.24) is 0 Å². The highest BCUT2D eigenvalue weighted by molar-refractivity contribution is 4.30. The van der Waals surface area contributed by atoms with Crippen LogP contribution >= 0.6 is 0 Å². The minimum atomic E-state index is -0.574. The van der Waals surface area contributed by atoms with Crippen LogP contribution in [-0.4, -0.2) is 23.4 Å². The second-order valence-corrected chi connectivity index (χ2v) is 1.21. The fourth-order valence-electron chi connectivity index (χ4n) is 0.226. The van der Waals surface area contributed by atoms with Gasteiger partial charge in [0.1, 0.15) is 4.91 Å². The van der Waals surface area contributed by atoms with Gasteiger partial charge >= 0.3 is 5.09 Å². The third kappa shape index (κ3) is 5.16. The number of hydrogen-bond acceptors (Lipinski definition) is 3. The SMILES string of the molecule is NCCCO[N+](=O)O. The Morgan fingerprint density at radius 1 is 1.75 bits per heavy atom. The largest absolute Gasteiger partial charge is 0.475 e. The molecule has 0 bridgehead atoms. The van der Waals surface area contributed by atoms with Crippen LogP contribution in [0.15, 0.2) is 0 Å². The van der Waals surface area contributed by atoms with E-state index in [4.69, 9.17) is 10.9 Å². The molecule has 0 aromatic carbocycles. The van der Waals surface area contributed by atoms with Crippen LogP contribution in [0.3, 0.4) is 0 Å². The van der Waals surface area contributed by atoms with Gasteiger partial charge in [0.05, 0.1) is 0 Å². The van der Waals surface area contributed by atoms with E-state index in [0.29, 0.717) is 13.0 Å². The van der Waals surface area contributed by atoms with Gasteiger partial charge in [0.25, 0.3) is 0 Å². The Kier molecular flexibility index (Phi) is 3.87. The molecule has 8 heavy (non-hydrogen) atoms. The lowest BCUT2D eigenvalue weighted by Crippen LogP contribution is -2.09. The first-order valence-corrected chi connectivity index (χ1v) is 2.26. The molecule has 0 aromatic rings. The summed E-state index contributed by atoms with van der Waals surface area (Å²) >= 11 is 0. The molecule has 0 radical (unpaired) electrons. The zero-order chi connectivity index (χ0) is 6.41. The summed E-state index contributed by atoms with van der Waals surface area (Å²) in [6.07, 6.45) is 0.569. The summed E-state index contributed by atoms with van der Waals surface area (Å²) < 4.78 is 0. The lowest BCUT2D eigenvalue weighted by Gasteiger charge is -1.85. The molecule has 0 spiro atoms. The molecule has 0 fully saturated rings. The Bertz CT molecular complexity index is 74.9. The molecule has 0 aromatic heterocycles. The van der Waals surface area contributed by atoms with Crippen molar-refractivity contribution in [2.75, 3.05) is 13.2 Å². The summed E-state index contributed by atoms with van der Waals surface area (Å²) in [6.45, 7) is 0.615. The van der Waals surface area contributed by atoms with E-state index in [1.165, 1.54) is 0 Å². The Labute approximate surface area is 46.5 Å². The van der Waals surface area contributed by atoms with Crippen molar-refractivity contribution in [2.45, 2.75) is 6.42 Å². The maximum Gasteiger partial charge on any atom is 0.475 e. The van der Waals surface area contributed by atoms with Gasteiger partial charge in [0, 0.05) is 6.42 Å². The lowest BCUT2D eigenvalue weighted by atomic mass is 10.5. The average molecular weight is 121 g/mol. The third-order valence-corrected chi connectivity index (χ3v) is 0.550. The van der Waals surface area contributed by atoms with Crippen LogP contribution in [0.4, 0.5) is 0 Å². The second kappa shape index (κ2) is 4.32. The van der Waals surface area contributed by atoms with Crippen molar-refractivity contribution in [2.24, 2.45) is 5.73 Å². The first kappa shape index (κ1) is 7.16. The second-order valence-electron chi connectivity index (χ2n) is 1.21. The van der Waals surface area contributed by atoms with E-state index in [1.807, 2.05) is 0 Å².